The quantitative estimate of drug-likeness (QED) is 0.743. The van der Waals surface area contributed by atoms with Crippen molar-refractivity contribution in [3.63, 3.8) is 0 Å². The highest BCUT2D eigenvalue weighted by Crippen LogP contribution is 2.27. The second kappa shape index (κ2) is 9.20. The van der Waals surface area contributed by atoms with Gasteiger partial charge in [-0.15, -0.1) is 0 Å². The van der Waals surface area contributed by atoms with Crippen molar-refractivity contribution >= 4 is 27.5 Å². The van der Waals surface area contributed by atoms with Crippen LogP contribution in [0.25, 0.3) is 0 Å². The molecule has 166 valence electrons. The molecule has 1 aliphatic rings. The standard InChI is InChI=1S/C23H29N3O4S/c1-15-8-9-19(14-17(15)3)31(29,30)26-12-10-18(11-13-26)22(27)25-20-7-5-6-16(2)21(20)23(28)24-4/h5-9,14,18H,10-13H2,1-4H3,(H,24,28)(H,25,27). The van der Waals surface area contributed by atoms with Crippen molar-refractivity contribution in [1.82, 2.24) is 9.62 Å². The number of amides is 2. The van der Waals surface area contributed by atoms with Gasteiger partial charge in [-0.25, -0.2) is 8.42 Å². The van der Waals surface area contributed by atoms with Gasteiger partial charge in [-0.1, -0.05) is 18.2 Å². The number of nitrogens with one attached hydrogen (secondary N) is 2. The summed E-state index contributed by atoms with van der Waals surface area (Å²) < 4.78 is 27.4. The number of carbonyl (C=O) groups excluding carboxylic acids is 2. The maximum atomic E-state index is 13.0. The summed E-state index contributed by atoms with van der Waals surface area (Å²) in [6.07, 6.45) is 0.855. The minimum Gasteiger partial charge on any atom is -0.355 e. The Bertz CT molecular complexity index is 1100. The van der Waals surface area contributed by atoms with Crippen LogP contribution in [0.3, 0.4) is 0 Å². The van der Waals surface area contributed by atoms with Crippen LogP contribution in [0.15, 0.2) is 41.3 Å². The van der Waals surface area contributed by atoms with Gasteiger partial charge >= 0.3 is 0 Å². The Morgan fingerprint density at radius 2 is 1.65 bits per heavy atom. The number of carbonyl (C=O) groups is 2. The van der Waals surface area contributed by atoms with Crippen LogP contribution in [-0.4, -0.2) is 44.7 Å². The van der Waals surface area contributed by atoms with Gasteiger partial charge < -0.3 is 10.6 Å². The molecule has 1 heterocycles. The molecule has 2 N–H and O–H groups in total. The average molecular weight is 444 g/mol. The van der Waals surface area contributed by atoms with Crippen LogP contribution in [0.1, 0.15) is 39.9 Å². The molecule has 1 aliphatic heterocycles. The molecular formula is C23H29N3O4S. The minimum atomic E-state index is -3.59. The predicted molar refractivity (Wildman–Crippen MR) is 121 cm³/mol. The van der Waals surface area contributed by atoms with Crippen LogP contribution in [-0.2, 0) is 14.8 Å². The zero-order chi connectivity index (χ0) is 22.8. The SMILES string of the molecule is CNC(=O)c1c(C)cccc1NC(=O)C1CCN(S(=O)(=O)c2ccc(C)c(C)c2)CC1. The second-order valence-corrected chi connectivity index (χ2v) is 9.93. The van der Waals surface area contributed by atoms with E-state index in [1.807, 2.05) is 32.9 Å². The van der Waals surface area contributed by atoms with Crippen molar-refractivity contribution in [2.24, 2.45) is 5.92 Å². The third-order valence-corrected chi connectivity index (χ3v) is 7.82. The van der Waals surface area contributed by atoms with E-state index in [0.29, 0.717) is 24.1 Å². The lowest BCUT2D eigenvalue weighted by Crippen LogP contribution is -2.41. The fraction of sp³-hybridized carbons (Fsp3) is 0.391. The number of sulfonamides is 1. The first-order chi connectivity index (χ1) is 14.6. The Kier molecular flexibility index (Phi) is 6.81. The topological polar surface area (TPSA) is 95.6 Å². The number of piperidine rings is 1. The Morgan fingerprint density at radius 1 is 0.968 bits per heavy atom. The Balaban J connectivity index is 1.69. The molecule has 3 rings (SSSR count). The number of nitrogens with zero attached hydrogens (tertiary/aromatic N) is 1. The van der Waals surface area contributed by atoms with Gasteiger partial charge in [0.15, 0.2) is 0 Å². The van der Waals surface area contributed by atoms with E-state index in [1.165, 1.54) is 4.31 Å². The minimum absolute atomic E-state index is 0.195. The maximum Gasteiger partial charge on any atom is 0.253 e. The van der Waals surface area contributed by atoms with E-state index in [2.05, 4.69) is 10.6 Å². The summed E-state index contributed by atoms with van der Waals surface area (Å²) in [5.41, 5.74) is 3.65. The highest BCUT2D eigenvalue weighted by molar-refractivity contribution is 7.89. The molecule has 0 radical (unpaired) electrons. The molecule has 7 nitrogen and oxygen atoms in total. The van der Waals surface area contributed by atoms with Gasteiger partial charge in [-0.05, 0) is 68.5 Å². The summed E-state index contributed by atoms with van der Waals surface area (Å²) in [6.45, 7) is 6.21. The third-order valence-electron chi connectivity index (χ3n) is 5.93. The van der Waals surface area contributed by atoms with Gasteiger partial charge in [0.1, 0.15) is 0 Å². The summed E-state index contributed by atoms with van der Waals surface area (Å²) in [6, 6.07) is 10.4. The molecule has 0 aromatic heterocycles. The van der Waals surface area contributed by atoms with Gasteiger partial charge in [0.25, 0.3) is 5.91 Å². The maximum absolute atomic E-state index is 13.0. The van der Waals surface area contributed by atoms with Gasteiger partial charge in [-0.2, -0.15) is 4.31 Å². The summed E-state index contributed by atoms with van der Waals surface area (Å²) in [7, 11) is -2.04. The molecule has 0 saturated carbocycles. The monoisotopic (exact) mass is 443 g/mol. The molecule has 1 fully saturated rings. The summed E-state index contributed by atoms with van der Waals surface area (Å²) in [4.78, 5) is 25.3. The Hall–Kier alpha value is -2.71. The van der Waals surface area contributed by atoms with E-state index in [4.69, 9.17) is 0 Å². The first kappa shape index (κ1) is 23.0. The molecule has 0 bridgehead atoms. The number of hydrogen-bond donors (Lipinski definition) is 2. The lowest BCUT2D eigenvalue weighted by atomic mass is 9.96. The van der Waals surface area contributed by atoms with Crippen LogP contribution in [0.2, 0.25) is 0 Å². The van der Waals surface area contributed by atoms with Gasteiger partial charge in [0, 0.05) is 26.1 Å². The Morgan fingerprint density at radius 3 is 2.26 bits per heavy atom. The number of benzene rings is 2. The predicted octanol–water partition coefficient (Wildman–Crippen LogP) is 3.01. The van der Waals surface area contributed by atoms with E-state index in [0.717, 1.165) is 16.7 Å². The molecule has 0 unspecified atom stereocenters. The molecule has 2 aromatic rings. The second-order valence-electron chi connectivity index (χ2n) is 7.99. The normalized spacial score (nSPS) is 15.5. The number of hydrogen-bond acceptors (Lipinski definition) is 4. The average Bonchev–Trinajstić information content (AvgIpc) is 2.75. The van der Waals surface area contributed by atoms with E-state index in [-0.39, 0.29) is 35.7 Å². The number of aryl methyl sites for hydroxylation is 3. The summed E-state index contributed by atoms with van der Waals surface area (Å²) in [5, 5.41) is 5.46. The first-order valence-corrected chi connectivity index (χ1v) is 11.8. The zero-order valence-electron chi connectivity index (χ0n) is 18.4. The fourth-order valence-electron chi connectivity index (χ4n) is 3.81. The van der Waals surface area contributed by atoms with E-state index in [1.54, 1.807) is 31.3 Å². The summed E-state index contributed by atoms with van der Waals surface area (Å²) in [5.74, 6) is -0.772. The lowest BCUT2D eigenvalue weighted by molar-refractivity contribution is -0.120. The molecule has 1 saturated heterocycles. The van der Waals surface area contributed by atoms with E-state index < -0.39 is 10.0 Å². The van der Waals surface area contributed by atoms with Crippen molar-refractivity contribution in [2.75, 3.05) is 25.5 Å². The van der Waals surface area contributed by atoms with Crippen molar-refractivity contribution < 1.29 is 18.0 Å². The largest absolute Gasteiger partial charge is 0.355 e. The molecule has 0 spiro atoms. The van der Waals surface area contributed by atoms with Gasteiger partial charge in [0.05, 0.1) is 16.1 Å². The molecule has 31 heavy (non-hydrogen) atoms. The van der Waals surface area contributed by atoms with Crippen molar-refractivity contribution in [3.8, 4) is 0 Å². The lowest BCUT2D eigenvalue weighted by Gasteiger charge is -2.30. The third kappa shape index (κ3) is 4.80. The van der Waals surface area contributed by atoms with E-state index in [9.17, 15) is 18.0 Å². The van der Waals surface area contributed by atoms with E-state index >= 15 is 0 Å². The van der Waals surface area contributed by atoms with Gasteiger partial charge in [0.2, 0.25) is 15.9 Å². The van der Waals surface area contributed by atoms with Crippen molar-refractivity contribution in [2.45, 2.75) is 38.5 Å². The Labute approximate surface area is 183 Å². The smallest absolute Gasteiger partial charge is 0.253 e. The van der Waals surface area contributed by atoms with Crippen LogP contribution >= 0.6 is 0 Å². The highest BCUT2D eigenvalue weighted by Gasteiger charge is 2.32. The molecule has 2 aromatic carbocycles. The summed E-state index contributed by atoms with van der Waals surface area (Å²) >= 11 is 0. The van der Waals surface area contributed by atoms with Gasteiger partial charge in [-0.3, -0.25) is 9.59 Å². The number of rotatable bonds is 5. The van der Waals surface area contributed by atoms with Crippen LogP contribution in [0, 0.1) is 26.7 Å². The van der Waals surface area contributed by atoms with Crippen LogP contribution in [0.5, 0.6) is 0 Å². The van der Waals surface area contributed by atoms with Crippen molar-refractivity contribution in [1.29, 1.82) is 0 Å². The zero-order valence-corrected chi connectivity index (χ0v) is 19.2. The molecular weight excluding hydrogens is 414 g/mol. The molecule has 0 atom stereocenters. The van der Waals surface area contributed by atoms with Crippen LogP contribution in [0.4, 0.5) is 5.69 Å². The van der Waals surface area contributed by atoms with Crippen molar-refractivity contribution in [3.05, 3.63) is 58.7 Å². The number of anilines is 1. The highest BCUT2D eigenvalue weighted by atomic mass is 32.2. The first-order valence-electron chi connectivity index (χ1n) is 10.3. The molecule has 0 aliphatic carbocycles. The molecule has 2 amide bonds. The van der Waals surface area contributed by atoms with Crippen LogP contribution < -0.4 is 10.6 Å². The molecule has 8 heteroatoms. The fourth-order valence-corrected chi connectivity index (χ4v) is 5.37.